The highest BCUT2D eigenvalue weighted by Gasteiger charge is 2.46. The Labute approximate surface area is 173 Å². The molecule has 0 fully saturated rings. The fourth-order valence-electron chi connectivity index (χ4n) is 4.06. The molecule has 4 rings (SSSR count). The fourth-order valence-corrected chi connectivity index (χ4v) is 4.06. The van der Waals surface area contributed by atoms with E-state index < -0.39 is 29.7 Å². The van der Waals surface area contributed by atoms with Gasteiger partial charge in [-0.15, -0.1) is 0 Å². The van der Waals surface area contributed by atoms with Crippen molar-refractivity contribution in [3.63, 3.8) is 0 Å². The van der Waals surface area contributed by atoms with Crippen molar-refractivity contribution in [2.24, 2.45) is 0 Å². The number of carbonyl (C=O) groups excluding carboxylic acids is 1. The van der Waals surface area contributed by atoms with Crippen molar-refractivity contribution in [1.82, 2.24) is 9.88 Å². The number of aromatic amines is 1. The van der Waals surface area contributed by atoms with Crippen LogP contribution in [-0.4, -0.2) is 43.8 Å². The molecule has 0 saturated carbocycles. The van der Waals surface area contributed by atoms with Crippen LogP contribution in [0.5, 0.6) is 5.75 Å². The number of phenols is 1. The van der Waals surface area contributed by atoms with Gasteiger partial charge in [0.15, 0.2) is 0 Å². The highest BCUT2D eigenvalue weighted by atomic mass is 16.6. The Morgan fingerprint density at radius 3 is 2.43 bits per heavy atom. The van der Waals surface area contributed by atoms with Crippen LogP contribution in [0.1, 0.15) is 43.6 Å². The summed E-state index contributed by atoms with van der Waals surface area (Å²) >= 11 is 0. The molecule has 2 aromatic carbocycles. The standard InChI is InChI=1S/C23H24N2O5/c1-23(2,3)30-22(29)25-17(21(27)28)12-15-13-8-4-6-10-16(13)24-19(15)20(25)14-9-5-7-11-18(14)26/h4-11,17,20,24,26H,12H2,1-3H3,(H,27,28)/t17-,20+/m0/s1. The van der Waals surface area contributed by atoms with E-state index in [1.807, 2.05) is 24.3 Å². The lowest BCUT2D eigenvalue weighted by Gasteiger charge is -2.40. The number of H-pyrrole nitrogens is 1. The van der Waals surface area contributed by atoms with Gasteiger partial charge in [-0.25, -0.2) is 9.59 Å². The number of aromatic nitrogens is 1. The van der Waals surface area contributed by atoms with Crippen LogP contribution in [0, 0.1) is 0 Å². The van der Waals surface area contributed by atoms with Gasteiger partial charge in [0, 0.05) is 28.6 Å². The normalized spacial score (nSPS) is 18.8. The zero-order chi connectivity index (χ0) is 21.6. The molecule has 0 radical (unpaired) electrons. The first-order valence-corrected chi connectivity index (χ1v) is 9.79. The van der Waals surface area contributed by atoms with Gasteiger partial charge in [-0.05, 0) is 38.5 Å². The van der Waals surface area contributed by atoms with E-state index in [0.29, 0.717) is 11.3 Å². The Bertz CT molecular complexity index is 1130. The molecule has 7 heteroatoms. The third-order valence-electron chi connectivity index (χ3n) is 5.25. The van der Waals surface area contributed by atoms with Gasteiger partial charge in [-0.2, -0.15) is 0 Å². The van der Waals surface area contributed by atoms with Gasteiger partial charge in [0.25, 0.3) is 0 Å². The summed E-state index contributed by atoms with van der Waals surface area (Å²) in [6.07, 6.45) is -0.606. The summed E-state index contributed by atoms with van der Waals surface area (Å²) in [5.41, 5.74) is 1.98. The number of carboxylic acids is 1. The predicted molar refractivity (Wildman–Crippen MR) is 111 cm³/mol. The van der Waals surface area contributed by atoms with E-state index in [4.69, 9.17) is 4.74 Å². The summed E-state index contributed by atoms with van der Waals surface area (Å²) in [6, 6.07) is 12.3. The van der Waals surface area contributed by atoms with Gasteiger partial charge in [-0.3, -0.25) is 4.90 Å². The number of ether oxygens (including phenoxy) is 1. The largest absolute Gasteiger partial charge is 0.508 e. The first-order valence-electron chi connectivity index (χ1n) is 9.79. The van der Waals surface area contributed by atoms with Crippen molar-refractivity contribution in [1.29, 1.82) is 0 Å². The number of rotatable bonds is 2. The first kappa shape index (κ1) is 19.8. The minimum Gasteiger partial charge on any atom is -0.508 e. The average Bonchev–Trinajstić information content (AvgIpc) is 3.04. The number of aromatic hydroxyl groups is 1. The van der Waals surface area contributed by atoms with Gasteiger partial charge >= 0.3 is 12.1 Å². The van der Waals surface area contributed by atoms with Crippen LogP contribution < -0.4 is 0 Å². The second-order valence-corrected chi connectivity index (χ2v) is 8.47. The predicted octanol–water partition coefficient (Wildman–Crippen LogP) is 4.21. The smallest absolute Gasteiger partial charge is 0.411 e. The summed E-state index contributed by atoms with van der Waals surface area (Å²) in [5.74, 6) is -1.15. The van der Waals surface area contributed by atoms with Gasteiger partial charge in [0.05, 0.1) is 0 Å². The molecule has 0 spiro atoms. The second kappa shape index (κ2) is 7.09. The molecule has 30 heavy (non-hydrogen) atoms. The van der Waals surface area contributed by atoms with Crippen molar-refractivity contribution in [2.45, 2.75) is 44.9 Å². The third kappa shape index (κ3) is 3.36. The minimum absolute atomic E-state index is 0.0216. The van der Waals surface area contributed by atoms with Crippen molar-refractivity contribution < 1.29 is 24.5 Å². The second-order valence-electron chi connectivity index (χ2n) is 8.47. The summed E-state index contributed by atoms with van der Waals surface area (Å²) in [4.78, 5) is 30.0. The summed E-state index contributed by atoms with van der Waals surface area (Å²) in [5, 5.41) is 21.5. The van der Waals surface area contributed by atoms with Crippen molar-refractivity contribution in [3.05, 3.63) is 65.4 Å². The van der Waals surface area contributed by atoms with E-state index in [-0.39, 0.29) is 12.2 Å². The Morgan fingerprint density at radius 1 is 1.10 bits per heavy atom. The van der Waals surface area contributed by atoms with Crippen LogP contribution >= 0.6 is 0 Å². The number of amides is 1. The lowest BCUT2D eigenvalue weighted by molar-refractivity contribution is -0.144. The molecule has 3 aromatic rings. The van der Waals surface area contributed by atoms with E-state index >= 15 is 0 Å². The number of nitrogens with zero attached hydrogens (tertiary/aromatic N) is 1. The molecule has 3 N–H and O–H groups in total. The summed E-state index contributed by atoms with van der Waals surface area (Å²) in [6.45, 7) is 5.19. The van der Waals surface area contributed by atoms with E-state index in [1.54, 1.807) is 39.0 Å². The van der Waals surface area contributed by atoms with Crippen LogP contribution in [0.15, 0.2) is 48.5 Å². The molecule has 156 valence electrons. The van der Waals surface area contributed by atoms with E-state index in [2.05, 4.69) is 4.98 Å². The van der Waals surface area contributed by atoms with Crippen LogP contribution in [0.2, 0.25) is 0 Å². The molecule has 0 unspecified atom stereocenters. The van der Waals surface area contributed by atoms with Gasteiger partial charge in [0.1, 0.15) is 23.4 Å². The third-order valence-corrected chi connectivity index (χ3v) is 5.25. The quantitative estimate of drug-likeness (QED) is 0.589. The number of phenolic OH excluding ortho intramolecular Hbond substituents is 1. The van der Waals surface area contributed by atoms with Gasteiger partial charge in [-0.1, -0.05) is 36.4 Å². The molecular formula is C23H24N2O5. The van der Waals surface area contributed by atoms with E-state index in [1.165, 1.54) is 11.0 Å². The molecule has 0 aliphatic carbocycles. The van der Waals surface area contributed by atoms with Crippen molar-refractivity contribution in [2.75, 3.05) is 0 Å². The molecular weight excluding hydrogens is 384 g/mol. The molecule has 1 aliphatic rings. The molecule has 7 nitrogen and oxygen atoms in total. The average molecular weight is 408 g/mol. The fraction of sp³-hybridized carbons (Fsp3) is 0.304. The molecule has 2 heterocycles. The SMILES string of the molecule is CC(C)(C)OC(=O)N1[C@H](c2ccccc2O)c2[nH]c3ccccc3c2C[C@H]1C(=O)O. The Hall–Kier alpha value is -3.48. The number of hydrogen-bond acceptors (Lipinski definition) is 4. The lowest BCUT2D eigenvalue weighted by atomic mass is 9.88. The number of benzene rings is 2. The summed E-state index contributed by atoms with van der Waals surface area (Å²) in [7, 11) is 0. The highest BCUT2D eigenvalue weighted by Crippen LogP contribution is 2.43. The van der Waals surface area contributed by atoms with Crippen LogP contribution in [0.25, 0.3) is 10.9 Å². The molecule has 2 atom stereocenters. The van der Waals surface area contributed by atoms with Gasteiger partial charge < -0.3 is 19.9 Å². The van der Waals surface area contributed by atoms with E-state index in [9.17, 15) is 19.8 Å². The Balaban J connectivity index is 1.97. The molecule has 0 saturated heterocycles. The number of carbonyl (C=O) groups is 2. The maximum atomic E-state index is 13.2. The monoisotopic (exact) mass is 408 g/mol. The zero-order valence-corrected chi connectivity index (χ0v) is 17.0. The Kier molecular flexibility index (Phi) is 4.68. The van der Waals surface area contributed by atoms with Crippen LogP contribution in [-0.2, 0) is 16.0 Å². The molecule has 1 aromatic heterocycles. The molecule has 0 bridgehead atoms. The maximum Gasteiger partial charge on any atom is 0.411 e. The first-order chi connectivity index (χ1) is 14.2. The number of nitrogens with one attached hydrogen (secondary N) is 1. The lowest BCUT2D eigenvalue weighted by Crippen LogP contribution is -2.52. The summed E-state index contributed by atoms with van der Waals surface area (Å²) < 4.78 is 5.57. The van der Waals surface area contributed by atoms with Crippen LogP contribution in [0.3, 0.4) is 0 Å². The Morgan fingerprint density at radius 2 is 1.77 bits per heavy atom. The van der Waals surface area contributed by atoms with Crippen LogP contribution in [0.4, 0.5) is 4.79 Å². The number of aliphatic carboxylic acids is 1. The zero-order valence-electron chi connectivity index (χ0n) is 17.0. The van der Waals surface area contributed by atoms with E-state index in [0.717, 1.165) is 16.5 Å². The minimum atomic E-state index is -1.14. The number of carboxylic acid groups (broad SMARTS) is 1. The highest BCUT2D eigenvalue weighted by molar-refractivity contribution is 5.89. The van der Waals surface area contributed by atoms with Gasteiger partial charge in [0.2, 0.25) is 0 Å². The number of fused-ring (bicyclic) bond motifs is 3. The van der Waals surface area contributed by atoms with Crippen molar-refractivity contribution in [3.8, 4) is 5.75 Å². The maximum absolute atomic E-state index is 13.2. The topological polar surface area (TPSA) is 103 Å². The number of para-hydroxylation sites is 2. The molecule has 1 amide bonds. The number of hydrogen-bond donors (Lipinski definition) is 3. The molecule has 1 aliphatic heterocycles. The van der Waals surface area contributed by atoms with Crippen molar-refractivity contribution >= 4 is 23.0 Å².